The molecule has 3 N–H and O–H groups in total. The van der Waals surface area contributed by atoms with Crippen molar-refractivity contribution in [2.24, 2.45) is 5.73 Å². The second-order valence-corrected chi connectivity index (χ2v) is 5.71. The molecule has 106 valence electrons. The van der Waals surface area contributed by atoms with Crippen LogP contribution in [0.4, 0.5) is 0 Å². The van der Waals surface area contributed by atoms with Gasteiger partial charge < -0.3 is 15.8 Å². The molecular formula is C13H27N3O2. The Labute approximate surface area is 110 Å². The Bertz CT molecular complexity index is 283. The third-order valence-electron chi connectivity index (χ3n) is 3.56. The lowest BCUT2D eigenvalue weighted by Crippen LogP contribution is -2.57. The van der Waals surface area contributed by atoms with Gasteiger partial charge in [0.25, 0.3) is 0 Å². The van der Waals surface area contributed by atoms with Crippen LogP contribution in [0.5, 0.6) is 0 Å². The summed E-state index contributed by atoms with van der Waals surface area (Å²) in [6.07, 6.45) is 0.727. The monoisotopic (exact) mass is 257 g/mol. The summed E-state index contributed by atoms with van der Waals surface area (Å²) < 4.78 is 5.41. The minimum absolute atomic E-state index is 0.240. The average Bonchev–Trinajstić information content (AvgIpc) is 2.27. The highest BCUT2D eigenvalue weighted by atomic mass is 16.5. The SMILES string of the molecule is CC(C)NC(C)(CCN1CCOCC1C)C(N)=O. The zero-order chi connectivity index (χ0) is 13.8. The summed E-state index contributed by atoms with van der Waals surface area (Å²) >= 11 is 0. The molecule has 1 amide bonds. The first-order valence-electron chi connectivity index (χ1n) is 6.74. The number of primary amides is 1. The summed E-state index contributed by atoms with van der Waals surface area (Å²) in [4.78, 5) is 14.0. The van der Waals surface area contributed by atoms with E-state index in [-0.39, 0.29) is 11.9 Å². The summed E-state index contributed by atoms with van der Waals surface area (Å²) in [5, 5.41) is 3.28. The topological polar surface area (TPSA) is 67.6 Å². The normalized spacial score (nSPS) is 25.1. The molecule has 1 aliphatic rings. The summed E-state index contributed by atoms with van der Waals surface area (Å²) in [5.74, 6) is -0.280. The minimum Gasteiger partial charge on any atom is -0.379 e. The second-order valence-electron chi connectivity index (χ2n) is 5.71. The molecule has 0 aromatic carbocycles. The van der Waals surface area contributed by atoms with Crippen molar-refractivity contribution in [3.63, 3.8) is 0 Å². The van der Waals surface area contributed by atoms with E-state index in [1.807, 2.05) is 20.8 Å². The van der Waals surface area contributed by atoms with E-state index >= 15 is 0 Å². The Morgan fingerprint density at radius 2 is 2.28 bits per heavy atom. The number of carbonyl (C=O) groups is 1. The van der Waals surface area contributed by atoms with Crippen molar-refractivity contribution in [1.82, 2.24) is 10.2 Å². The molecule has 1 fully saturated rings. The van der Waals surface area contributed by atoms with Crippen molar-refractivity contribution in [2.75, 3.05) is 26.3 Å². The number of hydrogen-bond donors (Lipinski definition) is 2. The molecule has 2 unspecified atom stereocenters. The van der Waals surface area contributed by atoms with Gasteiger partial charge in [0.2, 0.25) is 5.91 Å². The lowest BCUT2D eigenvalue weighted by Gasteiger charge is -2.37. The van der Waals surface area contributed by atoms with Crippen LogP contribution in [0.2, 0.25) is 0 Å². The highest BCUT2D eigenvalue weighted by Crippen LogP contribution is 2.14. The predicted molar refractivity (Wildman–Crippen MR) is 72.3 cm³/mol. The lowest BCUT2D eigenvalue weighted by atomic mass is 9.95. The molecule has 0 aliphatic carbocycles. The van der Waals surface area contributed by atoms with Gasteiger partial charge in [0.15, 0.2) is 0 Å². The summed E-state index contributed by atoms with van der Waals surface area (Å²) in [7, 11) is 0. The smallest absolute Gasteiger partial charge is 0.237 e. The first-order chi connectivity index (χ1) is 8.35. The zero-order valence-corrected chi connectivity index (χ0v) is 12.0. The Morgan fingerprint density at radius 1 is 1.61 bits per heavy atom. The van der Waals surface area contributed by atoms with Crippen molar-refractivity contribution in [3.05, 3.63) is 0 Å². The van der Waals surface area contributed by atoms with Crippen LogP contribution in [0, 0.1) is 0 Å². The van der Waals surface area contributed by atoms with Crippen molar-refractivity contribution < 1.29 is 9.53 Å². The third kappa shape index (κ3) is 4.23. The lowest BCUT2D eigenvalue weighted by molar-refractivity contribution is -0.124. The highest BCUT2D eigenvalue weighted by molar-refractivity contribution is 5.84. The molecule has 5 heteroatoms. The van der Waals surface area contributed by atoms with Crippen molar-refractivity contribution in [1.29, 1.82) is 0 Å². The van der Waals surface area contributed by atoms with Crippen molar-refractivity contribution in [3.8, 4) is 0 Å². The summed E-state index contributed by atoms with van der Waals surface area (Å²) in [5.41, 5.74) is 4.89. The number of carbonyl (C=O) groups excluding carboxylic acids is 1. The number of morpholine rings is 1. The second kappa shape index (κ2) is 6.50. The number of rotatable bonds is 6. The van der Waals surface area contributed by atoms with Crippen LogP contribution >= 0.6 is 0 Å². The van der Waals surface area contributed by atoms with Gasteiger partial charge in [-0.05, 0) is 34.1 Å². The number of ether oxygens (including phenoxy) is 1. The van der Waals surface area contributed by atoms with Gasteiger partial charge in [-0.15, -0.1) is 0 Å². The van der Waals surface area contributed by atoms with Gasteiger partial charge in [-0.25, -0.2) is 0 Å². The molecule has 2 atom stereocenters. The molecule has 18 heavy (non-hydrogen) atoms. The van der Waals surface area contributed by atoms with Crippen LogP contribution in [0.15, 0.2) is 0 Å². The first kappa shape index (κ1) is 15.4. The first-order valence-corrected chi connectivity index (χ1v) is 6.74. The quantitative estimate of drug-likeness (QED) is 0.720. The van der Waals surface area contributed by atoms with Crippen LogP contribution < -0.4 is 11.1 Å². The molecule has 0 bridgehead atoms. The maximum atomic E-state index is 11.6. The Hall–Kier alpha value is -0.650. The van der Waals surface area contributed by atoms with Crippen LogP contribution in [-0.2, 0) is 9.53 Å². The molecule has 0 radical (unpaired) electrons. The maximum Gasteiger partial charge on any atom is 0.237 e. The number of hydrogen-bond acceptors (Lipinski definition) is 4. The van der Waals surface area contributed by atoms with E-state index in [4.69, 9.17) is 10.5 Å². The number of amides is 1. The molecule has 0 aromatic heterocycles. The number of nitrogens with two attached hydrogens (primary N) is 1. The average molecular weight is 257 g/mol. The maximum absolute atomic E-state index is 11.6. The van der Waals surface area contributed by atoms with E-state index in [0.717, 1.165) is 32.7 Å². The molecular weight excluding hydrogens is 230 g/mol. The fourth-order valence-corrected chi connectivity index (χ4v) is 2.36. The van der Waals surface area contributed by atoms with Gasteiger partial charge in [0.1, 0.15) is 0 Å². The molecule has 0 aromatic rings. The van der Waals surface area contributed by atoms with E-state index < -0.39 is 5.54 Å². The molecule has 0 saturated carbocycles. The summed E-state index contributed by atoms with van der Waals surface area (Å²) in [6, 6.07) is 0.652. The van der Waals surface area contributed by atoms with Gasteiger partial charge in [0, 0.05) is 25.2 Å². The van der Waals surface area contributed by atoms with Gasteiger partial charge >= 0.3 is 0 Å². The van der Waals surface area contributed by atoms with Gasteiger partial charge in [0.05, 0.1) is 18.8 Å². The van der Waals surface area contributed by atoms with E-state index in [1.165, 1.54) is 0 Å². The third-order valence-corrected chi connectivity index (χ3v) is 3.56. The highest BCUT2D eigenvalue weighted by Gasteiger charge is 2.32. The summed E-state index contributed by atoms with van der Waals surface area (Å²) in [6.45, 7) is 11.4. The molecule has 1 saturated heterocycles. The molecule has 5 nitrogen and oxygen atoms in total. The van der Waals surface area contributed by atoms with Crippen molar-refractivity contribution in [2.45, 2.75) is 51.7 Å². The zero-order valence-electron chi connectivity index (χ0n) is 12.0. The fourth-order valence-electron chi connectivity index (χ4n) is 2.36. The minimum atomic E-state index is -0.633. The van der Waals surface area contributed by atoms with E-state index in [2.05, 4.69) is 17.1 Å². The van der Waals surface area contributed by atoms with Crippen LogP contribution in [-0.4, -0.2) is 54.7 Å². The Kier molecular flexibility index (Phi) is 5.56. The van der Waals surface area contributed by atoms with Crippen LogP contribution in [0.1, 0.15) is 34.1 Å². The van der Waals surface area contributed by atoms with Gasteiger partial charge in [-0.3, -0.25) is 9.69 Å². The van der Waals surface area contributed by atoms with Crippen LogP contribution in [0.25, 0.3) is 0 Å². The standard InChI is InChI=1S/C13H27N3O2/c1-10(2)15-13(4,12(14)17)5-6-16-7-8-18-9-11(16)3/h10-11,15H,5-9H2,1-4H3,(H2,14,17). The van der Waals surface area contributed by atoms with Crippen LogP contribution in [0.3, 0.4) is 0 Å². The fraction of sp³-hybridized carbons (Fsp3) is 0.923. The largest absolute Gasteiger partial charge is 0.379 e. The van der Waals surface area contributed by atoms with Gasteiger partial charge in [-0.2, -0.15) is 0 Å². The van der Waals surface area contributed by atoms with Gasteiger partial charge in [-0.1, -0.05) is 0 Å². The predicted octanol–water partition coefficient (Wildman–Crippen LogP) is 0.339. The van der Waals surface area contributed by atoms with E-state index in [1.54, 1.807) is 0 Å². The molecule has 1 heterocycles. The molecule has 0 spiro atoms. The molecule has 1 aliphatic heterocycles. The Balaban J connectivity index is 2.53. The van der Waals surface area contributed by atoms with E-state index in [9.17, 15) is 4.79 Å². The van der Waals surface area contributed by atoms with Crippen molar-refractivity contribution >= 4 is 5.91 Å². The number of nitrogens with zero attached hydrogens (tertiary/aromatic N) is 1. The van der Waals surface area contributed by atoms with E-state index in [0.29, 0.717) is 6.04 Å². The molecule has 1 rings (SSSR count). The number of nitrogens with one attached hydrogen (secondary N) is 1. The Morgan fingerprint density at radius 3 is 2.78 bits per heavy atom.